The first-order valence-electron chi connectivity index (χ1n) is 5.91. The van der Waals surface area contributed by atoms with Crippen LogP contribution in [0, 0.1) is 23.0 Å². The minimum Gasteiger partial charge on any atom is -0.330 e. The molecule has 0 aliphatic carbocycles. The van der Waals surface area contributed by atoms with Gasteiger partial charge in [0.2, 0.25) is 0 Å². The number of fused-ring (bicyclic) bond motifs is 1. The van der Waals surface area contributed by atoms with Gasteiger partial charge in [-0.15, -0.1) is 0 Å². The van der Waals surface area contributed by atoms with Gasteiger partial charge in [0.1, 0.15) is 0 Å². The number of benzene rings is 2. The number of aromatic nitrogens is 2. The molecule has 0 aliphatic rings. The lowest BCUT2D eigenvalue weighted by Crippen LogP contribution is -1.93. The Morgan fingerprint density at radius 3 is 2.58 bits per heavy atom. The highest BCUT2D eigenvalue weighted by molar-refractivity contribution is 7.71. The number of nitriles is 1. The Morgan fingerprint density at radius 1 is 1.16 bits per heavy atom. The maximum Gasteiger partial charge on any atom is 0.182 e. The first-order valence-corrected chi connectivity index (χ1v) is 6.32. The highest BCUT2D eigenvalue weighted by Gasteiger charge is 2.06. The van der Waals surface area contributed by atoms with Crippen molar-refractivity contribution < 1.29 is 0 Å². The molecule has 3 aromatic rings. The Morgan fingerprint density at radius 2 is 1.89 bits per heavy atom. The molecule has 0 bridgehead atoms. The maximum atomic E-state index is 8.83. The summed E-state index contributed by atoms with van der Waals surface area (Å²) in [5.41, 5.74) is 4.86. The standard InChI is InChI=1S/C15H11N3S/c1-10-2-7-14-13(8-10)17-15(19)18(14)12-5-3-11(9-16)4-6-12/h2-8H,1H3,(H,17,19). The number of imidazole rings is 1. The summed E-state index contributed by atoms with van der Waals surface area (Å²) >= 11 is 5.38. The molecule has 0 amide bonds. The van der Waals surface area contributed by atoms with Crippen LogP contribution < -0.4 is 0 Å². The first kappa shape index (κ1) is 11.7. The second-order valence-corrected chi connectivity index (χ2v) is 4.83. The molecule has 3 nitrogen and oxygen atoms in total. The van der Waals surface area contributed by atoms with Gasteiger partial charge in [-0.05, 0) is 61.1 Å². The molecular formula is C15H11N3S. The second-order valence-electron chi connectivity index (χ2n) is 4.44. The number of aryl methyl sites for hydroxylation is 1. The van der Waals surface area contributed by atoms with E-state index < -0.39 is 0 Å². The molecule has 1 aromatic heterocycles. The SMILES string of the molecule is Cc1ccc2c(c1)[nH]c(=S)n2-c1ccc(C#N)cc1. The average molecular weight is 265 g/mol. The molecule has 1 N–H and O–H groups in total. The number of aromatic amines is 1. The van der Waals surface area contributed by atoms with E-state index >= 15 is 0 Å². The summed E-state index contributed by atoms with van der Waals surface area (Å²) in [5.74, 6) is 0. The zero-order chi connectivity index (χ0) is 13.4. The lowest BCUT2D eigenvalue weighted by atomic mass is 10.2. The maximum absolute atomic E-state index is 8.83. The molecule has 3 rings (SSSR count). The van der Waals surface area contributed by atoms with Crippen molar-refractivity contribution in [2.45, 2.75) is 6.92 Å². The van der Waals surface area contributed by atoms with E-state index in [9.17, 15) is 0 Å². The molecule has 92 valence electrons. The van der Waals surface area contributed by atoms with Gasteiger partial charge in [-0.1, -0.05) is 6.07 Å². The van der Waals surface area contributed by atoms with E-state index in [1.807, 2.05) is 16.7 Å². The van der Waals surface area contributed by atoms with Gasteiger partial charge in [0.15, 0.2) is 4.77 Å². The molecule has 0 saturated carbocycles. The Balaban J connectivity index is 2.27. The van der Waals surface area contributed by atoms with E-state index in [0.717, 1.165) is 16.7 Å². The number of hydrogen-bond acceptors (Lipinski definition) is 2. The van der Waals surface area contributed by atoms with E-state index in [2.05, 4.69) is 36.2 Å². The topological polar surface area (TPSA) is 44.5 Å². The predicted molar refractivity (Wildman–Crippen MR) is 77.9 cm³/mol. The Labute approximate surface area is 115 Å². The van der Waals surface area contributed by atoms with Crippen LogP contribution in [0.15, 0.2) is 42.5 Å². The van der Waals surface area contributed by atoms with Crippen LogP contribution in [0.5, 0.6) is 0 Å². The molecule has 0 radical (unpaired) electrons. The Bertz CT molecular complexity index is 848. The first-order chi connectivity index (χ1) is 9.19. The van der Waals surface area contributed by atoms with Crippen molar-refractivity contribution in [2.75, 3.05) is 0 Å². The van der Waals surface area contributed by atoms with Crippen molar-refractivity contribution in [1.82, 2.24) is 9.55 Å². The quantitative estimate of drug-likeness (QED) is 0.679. The molecular weight excluding hydrogens is 254 g/mol. The summed E-state index contributed by atoms with van der Waals surface area (Å²) in [6, 6.07) is 15.7. The lowest BCUT2D eigenvalue weighted by Gasteiger charge is -2.04. The lowest BCUT2D eigenvalue weighted by molar-refractivity contribution is 1.06. The van der Waals surface area contributed by atoms with Gasteiger partial charge in [0.05, 0.1) is 22.7 Å². The van der Waals surface area contributed by atoms with Crippen molar-refractivity contribution in [3.05, 3.63) is 58.4 Å². The molecule has 1 heterocycles. The average Bonchev–Trinajstić information content (AvgIpc) is 2.74. The van der Waals surface area contributed by atoms with E-state index in [1.54, 1.807) is 12.1 Å². The number of H-pyrrole nitrogens is 1. The molecule has 0 aliphatic heterocycles. The predicted octanol–water partition coefficient (Wildman–Crippen LogP) is 3.87. The molecule has 0 spiro atoms. The monoisotopic (exact) mass is 265 g/mol. The third-order valence-corrected chi connectivity index (χ3v) is 3.38. The smallest absolute Gasteiger partial charge is 0.182 e. The van der Waals surface area contributed by atoms with Gasteiger partial charge < -0.3 is 4.98 Å². The van der Waals surface area contributed by atoms with Gasteiger partial charge in [0.25, 0.3) is 0 Å². The van der Waals surface area contributed by atoms with Gasteiger partial charge >= 0.3 is 0 Å². The third kappa shape index (κ3) is 1.94. The normalized spacial score (nSPS) is 10.5. The minimum atomic E-state index is 0.644. The molecule has 4 heteroatoms. The molecule has 2 aromatic carbocycles. The van der Waals surface area contributed by atoms with Crippen molar-refractivity contribution in [1.29, 1.82) is 5.26 Å². The van der Waals surface area contributed by atoms with Crippen LogP contribution in [0.4, 0.5) is 0 Å². The minimum absolute atomic E-state index is 0.644. The largest absolute Gasteiger partial charge is 0.330 e. The number of nitrogens with zero attached hydrogens (tertiary/aromatic N) is 2. The van der Waals surface area contributed by atoms with Gasteiger partial charge in [0, 0.05) is 5.69 Å². The summed E-state index contributed by atoms with van der Waals surface area (Å²) in [5, 5.41) is 8.83. The van der Waals surface area contributed by atoms with Crippen LogP contribution in [0.3, 0.4) is 0 Å². The van der Waals surface area contributed by atoms with Crippen molar-refractivity contribution >= 4 is 23.3 Å². The summed E-state index contributed by atoms with van der Waals surface area (Å²) < 4.78 is 2.64. The fraction of sp³-hybridized carbons (Fsp3) is 0.0667. The Hall–Kier alpha value is -2.38. The van der Waals surface area contributed by atoms with Crippen LogP contribution in [0.1, 0.15) is 11.1 Å². The molecule has 0 unspecified atom stereocenters. The number of rotatable bonds is 1. The van der Waals surface area contributed by atoms with Crippen LogP contribution in [-0.4, -0.2) is 9.55 Å². The zero-order valence-electron chi connectivity index (χ0n) is 10.3. The highest BCUT2D eigenvalue weighted by Crippen LogP contribution is 2.20. The summed E-state index contributed by atoms with van der Waals surface area (Å²) in [6.45, 7) is 2.05. The molecule has 0 fully saturated rings. The van der Waals surface area contributed by atoms with Crippen LogP contribution in [-0.2, 0) is 0 Å². The van der Waals surface area contributed by atoms with Gasteiger partial charge in [-0.25, -0.2) is 0 Å². The summed E-state index contributed by atoms with van der Waals surface area (Å²) in [4.78, 5) is 3.21. The second kappa shape index (κ2) is 4.38. The van der Waals surface area contributed by atoms with Crippen LogP contribution in [0.25, 0.3) is 16.7 Å². The van der Waals surface area contributed by atoms with E-state index in [0.29, 0.717) is 10.3 Å². The summed E-state index contributed by atoms with van der Waals surface area (Å²) in [6.07, 6.45) is 0. The van der Waals surface area contributed by atoms with Crippen LogP contribution in [0.2, 0.25) is 0 Å². The molecule has 0 saturated heterocycles. The van der Waals surface area contributed by atoms with Crippen LogP contribution >= 0.6 is 12.2 Å². The van der Waals surface area contributed by atoms with E-state index in [1.165, 1.54) is 5.56 Å². The fourth-order valence-electron chi connectivity index (χ4n) is 2.17. The van der Waals surface area contributed by atoms with E-state index in [-0.39, 0.29) is 0 Å². The third-order valence-electron chi connectivity index (χ3n) is 3.09. The number of nitrogens with one attached hydrogen (secondary N) is 1. The molecule has 19 heavy (non-hydrogen) atoms. The zero-order valence-corrected chi connectivity index (χ0v) is 11.2. The Kier molecular flexibility index (Phi) is 2.69. The van der Waals surface area contributed by atoms with Crippen molar-refractivity contribution in [3.8, 4) is 11.8 Å². The van der Waals surface area contributed by atoms with Crippen molar-refractivity contribution in [2.24, 2.45) is 0 Å². The van der Waals surface area contributed by atoms with E-state index in [4.69, 9.17) is 17.5 Å². The highest BCUT2D eigenvalue weighted by atomic mass is 32.1. The fourth-order valence-corrected chi connectivity index (χ4v) is 2.48. The van der Waals surface area contributed by atoms with Gasteiger partial charge in [-0.2, -0.15) is 5.26 Å². The van der Waals surface area contributed by atoms with Crippen molar-refractivity contribution in [3.63, 3.8) is 0 Å². The summed E-state index contributed by atoms with van der Waals surface area (Å²) in [7, 11) is 0. The molecule has 0 atom stereocenters. The van der Waals surface area contributed by atoms with Gasteiger partial charge in [-0.3, -0.25) is 4.57 Å². The number of hydrogen-bond donors (Lipinski definition) is 1.